The topological polar surface area (TPSA) is 39.7 Å². The molecule has 23 heavy (non-hydrogen) atoms. The van der Waals surface area contributed by atoms with E-state index in [0.29, 0.717) is 0 Å². The molecule has 0 aliphatic carbocycles. The van der Waals surface area contributed by atoms with Crippen molar-refractivity contribution in [2.75, 3.05) is 33.2 Å². The molecule has 1 unspecified atom stereocenters. The van der Waals surface area contributed by atoms with Crippen LogP contribution in [0, 0.1) is 0 Å². The molecular weight excluding hydrogens is 284 g/mol. The second-order valence-corrected chi connectivity index (χ2v) is 6.39. The third kappa shape index (κ3) is 6.61. The summed E-state index contributed by atoms with van der Waals surface area (Å²) in [6, 6.07) is 10.7. The van der Waals surface area contributed by atoms with Crippen LogP contribution in [0.15, 0.2) is 35.3 Å². The van der Waals surface area contributed by atoms with Crippen LogP contribution in [0.5, 0.6) is 0 Å². The van der Waals surface area contributed by atoms with Gasteiger partial charge < -0.3 is 15.5 Å². The number of aliphatic imine (C=N–C) groups is 1. The second-order valence-electron chi connectivity index (χ2n) is 6.39. The van der Waals surface area contributed by atoms with Crippen molar-refractivity contribution >= 4 is 5.96 Å². The molecule has 4 heteroatoms. The molecule has 0 bridgehead atoms. The van der Waals surface area contributed by atoms with Gasteiger partial charge in [-0.2, -0.15) is 0 Å². The number of hydrogen-bond donors (Lipinski definition) is 2. The van der Waals surface area contributed by atoms with Crippen LogP contribution in [0.3, 0.4) is 0 Å². The van der Waals surface area contributed by atoms with Crippen molar-refractivity contribution in [1.82, 2.24) is 15.5 Å². The minimum atomic E-state index is 0.257. The minimum Gasteiger partial charge on any atom is -0.356 e. The summed E-state index contributed by atoms with van der Waals surface area (Å²) in [4.78, 5) is 6.94. The molecule has 1 aliphatic rings. The van der Waals surface area contributed by atoms with Gasteiger partial charge in [-0.05, 0) is 51.4 Å². The first kappa shape index (κ1) is 17.8. The van der Waals surface area contributed by atoms with Gasteiger partial charge in [0.05, 0.1) is 6.04 Å². The van der Waals surface area contributed by atoms with Gasteiger partial charge in [-0.15, -0.1) is 0 Å². The van der Waals surface area contributed by atoms with E-state index in [0.717, 1.165) is 12.5 Å². The zero-order valence-corrected chi connectivity index (χ0v) is 14.7. The van der Waals surface area contributed by atoms with Gasteiger partial charge in [0.2, 0.25) is 0 Å². The first-order valence-electron chi connectivity index (χ1n) is 9.04. The van der Waals surface area contributed by atoms with Crippen molar-refractivity contribution in [3.05, 3.63) is 35.9 Å². The number of nitrogens with one attached hydrogen (secondary N) is 2. The van der Waals surface area contributed by atoms with Gasteiger partial charge in [0.15, 0.2) is 5.96 Å². The van der Waals surface area contributed by atoms with E-state index in [-0.39, 0.29) is 6.04 Å². The highest BCUT2D eigenvalue weighted by molar-refractivity contribution is 5.80. The van der Waals surface area contributed by atoms with Gasteiger partial charge in [-0.3, -0.25) is 4.99 Å². The molecule has 0 aromatic heterocycles. The lowest BCUT2D eigenvalue weighted by atomic mass is 10.1. The zero-order chi connectivity index (χ0) is 16.3. The zero-order valence-electron chi connectivity index (χ0n) is 14.7. The first-order valence-corrected chi connectivity index (χ1v) is 9.04. The molecular formula is C19H32N4. The van der Waals surface area contributed by atoms with E-state index < -0.39 is 0 Å². The average molecular weight is 316 g/mol. The fourth-order valence-electron chi connectivity index (χ4n) is 3.09. The van der Waals surface area contributed by atoms with Crippen LogP contribution in [0.2, 0.25) is 0 Å². The maximum Gasteiger partial charge on any atom is 0.191 e. The first-order chi connectivity index (χ1) is 11.3. The predicted octanol–water partition coefficient (Wildman–Crippen LogP) is 3.18. The third-order valence-corrected chi connectivity index (χ3v) is 4.52. The maximum absolute atomic E-state index is 4.33. The van der Waals surface area contributed by atoms with Crippen molar-refractivity contribution in [2.24, 2.45) is 4.99 Å². The van der Waals surface area contributed by atoms with Crippen LogP contribution >= 0.6 is 0 Å². The predicted molar refractivity (Wildman–Crippen MR) is 98.9 cm³/mol. The fourth-order valence-corrected chi connectivity index (χ4v) is 3.09. The number of nitrogens with zero attached hydrogens (tertiary/aromatic N) is 2. The van der Waals surface area contributed by atoms with E-state index in [1.165, 1.54) is 57.3 Å². The Morgan fingerprint density at radius 3 is 2.48 bits per heavy atom. The van der Waals surface area contributed by atoms with Crippen molar-refractivity contribution in [2.45, 2.75) is 45.1 Å². The quantitative estimate of drug-likeness (QED) is 0.481. The summed E-state index contributed by atoms with van der Waals surface area (Å²) in [6.07, 6.45) is 6.71. The Bertz CT molecular complexity index is 450. The maximum atomic E-state index is 4.33. The number of benzene rings is 1. The SMILES string of the molecule is CN=C(NCCCN1CCCCCC1)NC(C)c1ccccc1. The Kier molecular flexibility index (Phi) is 7.95. The monoisotopic (exact) mass is 316 g/mol. The highest BCUT2D eigenvalue weighted by Crippen LogP contribution is 2.11. The van der Waals surface area contributed by atoms with E-state index in [1.807, 2.05) is 13.1 Å². The molecule has 1 heterocycles. The molecule has 0 amide bonds. The van der Waals surface area contributed by atoms with Crippen molar-refractivity contribution in [3.63, 3.8) is 0 Å². The molecule has 0 radical (unpaired) electrons. The fraction of sp³-hybridized carbons (Fsp3) is 0.632. The van der Waals surface area contributed by atoms with Gasteiger partial charge in [-0.25, -0.2) is 0 Å². The molecule has 2 N–H and O–H groups in total. The van der Waals surface area contributed by atoms with Crippen LogP contribution in [0.1, 0.15) is 50.6 Å². The Labute approximate surface area is 141 Å². The molecule has 0 spiro atoms. The smallest absolute Gasteiger partial charge is 0.191 e. The number of guanidine groups is 1. The van der Waals surface area contributed by atoms with E-state index in [2.05, 4.69) is 51.7 Å². The van der Waals surface area contributed by atoms with Crippen LogP contribution in [-0.4, -0.2) is 44.1 Å². The summed E-state index contributed by atoms with van der Waals surface area (Å²) in [5.41, 5.74) is 1.28. The van der Waals surface area contributed by atoms with Crippen LogP contribution < -0.4 is 10.6 Å². The average Bonchev–Trinajstić information content (AvgIpc) is 2.87. The Morgan fingerprint density at radius 2 is 1.83 bits per heavy atom. The molecule has 1 saturated heterocycles. The lowest BCUT2D eigenvalue weighted by Gasteiger charge is -2.21. The van der Waals surface area contributed by atoms with E-state index in [4.69, 9.17) is 0 Å². The molecule has 1 aromatic carbocycles. The van der Waals surface area contributed by atoms with E-state index in [1.54, 1.807) is 0 Å². The highest BCUT2D eigenvalue weighted by Gasteiger charge is 2.09. The normalized spacial score (nSPS) is 18.3. The lowest BCUT2D eigenvalue weighted by Crippen LogP contribution is -2.40. The molecule has 128 valence electrons. The number of likely N-dealkylation sites (tertiary alicyclic amines) is 1. The van der Waals surface area contributed by atoms with Gasteiger partial charge >= 0.3 is 0 Å². The molecule has 1 aromatic rings. The summed E-state index contributed by atoms with van der Waals surface area (Å²) in [7, 11) is 1.84. The van der Waals surface area contributed by atoms with E-state index in [9.17, 15) is 0 Å². The molecule has 1 aliphatic heterocycles. The molecule has 1 atom stereocenters. The summed E-state index contributed by atoms with van der Waals surface area (Å²) >= 11 is 0. The second kappa shape index (κ2) is 10.3. The molecule has 2 rings (SSSR count). The van der Waals surface area contributed by atoms with Crippen LogP contribution in [0.4, 0.5) is 0 Å². The van der Waals surface area contributed by atoms with Crippen molar-refractivity contribution < 1.29 is 0 Å². The summed E-state index contributed by atoms with van der Waals surface area (Å²) in [5.74, 6) is 0.886. The Morgan fingerprint density at radius 1 is 1.13 bits per heavy atom. The Hall–Kier alpha value is -1.55. The van der Waals surface area contributed by atoms with Crippen LogP contribution in [0.25, 0.3) is 0 Å². The van der Waals surface area contributed by atoms with Gasteiger partial charge in [-0.1, -0.05) is 43.2 Å². The molecule has 0 saturated carbocycles. The largest absolute Gasteiger partial charge is 0.356 e. The minimum absolute atomic E-state index is 0.257. The summed E-state index contributed by atoms with van der Waals surface area (Å²) in [6.45, 7) is 6.88. The number of rotatable bonds is 6. The van der Waals surface area contributed by atoms with Crippen molar-refractivity contribution in [1.29, 1.82) is 0 Å². The summed E-state index contributed by atoms with van der Waals surface area (Å²) in [5, 5.41) is 6.89. The van der Waals surface area contributed by atoms with Crippen molar-refractivity contribution in [3.8, 4) is 0 Å². The molecule has 4 nitrogen and oxygen atoms in total. The molecule has 1 fully saturated rings. The Balaban J connectivity index is 1.66. The number of hydrogen-bond acceptors (Lipinski definition) is 2. The van der Waals surface area contributed by atoms with Crippen LogP contribution in [-0.2, 0) is 0 Å². The third-order valence-electron chi connectivity index (χ3n) is 4.52. The highest BCUT2D eigenvalue weighted by atomic mass is 15.2. The van der Waals surface area contributed by atoms with Gasteiger partial charge in [0.25, 0.3) is 0 Å². The van der Waals surface area contributed by atoms with E-state index >= 15 is 0 Å². The standard InChI is InChI=1S/C19H32N4/c1-17(18-11-6-5-7-12-18)22-19(20-2)21-13-10-16-23-14-8-3-4-9-15-23/h5-7,11-12,17H,3-4,8-10,13-16H2,1-2H3,(H2,20,21,22). The lowest BCUT2D eigenvalue weighted by molar-refractivity contribution is 0.282. The van der Waals surface area contributed by atoms with Gasteiger partial charge in [0, 0.05) is 13.6 Å². The summed E-state index contributed by atoms with van der Waals surface area (Å²) < 4.78 is 0. The van der Waals surface area contributed by atoms with Gasteiger partial charge in [0.1, 0.15) is 0 Å².